The van der Waals surface area contributed by atoms with E-state index in [1.807, 2.05) is 0 Å². The van der Waals surface area contributed by atoms with Crippen LogP contribution in [0.15, 0.2) is 0 Å². The normalized spacial score (nSPS) is 22.7. The number of carbonyl (C=O) groups is 1. The molecular weight excluding hydrogens is 232 g/mol. The van der Waals surface area contributed by atoms with Gasteiger partial charge in [-0.15, -0.1) is 0 Å². The molecule has 2 saturated heterocycles. The summed E-state index contributed by atoms with van der Waals surface area (Å²) in [5, 5.41) is 6.16. The Labute approximate surface area is 109 Å². The molecule has 6 nitrogen and oxygen atoms in total. The molecule has 2 aliphatic rings. The summed E-state index contributed by atoms with van der Waals surface area (Å²) in [5.74, 6) is 0.103. The Morgan fingerprint density at radius 1 is 1.33 bits per heavy atom. The van der Waals surface area contributed by atoms with Crippen LogP contribution in [0.2, 0.25) is 0 Å². The monoisotopic (exact) mass is 256 g/mol. The van der Waals surface area contributed by atoms with Gasteiger partial charge in [0.25, 0.3) is 0 Å². The van der Waals surface area contributed by atoms with Gasteiger partial charge in [-0.1, -0.05) is 0 Å². The fourth-order valence-electron chi connectivity index (χ4n) is 2.37. The van der Waals surface area contributed by atoms with Crippen molar-refractivity contribution in [3.05, 3.63) is 0 Å². The molecule has 1 amide bonds. The van der Waals surface area contributed by atoms with E-state index in [2.05, 4.69) is 20.4 Å². The lowest BCUT2D eigenvalue weighted by molar-refractivity contribution is -0.123. The van der Waals surface area contributed by atoms with Crippen LogP contribution < -0.4 is 10.6 Å². The molecule has 0 saturated carbocycles. The Hall–Kier alpha value is -0.690. The van der Waals surface area contributed by atoms with Crippen LogP contribution in [0.3, 0.4) is 0 Å². The third-order valence-corrected chi connectivity index (χ3v) is 3.68. The first-order chi connectivity index (χ1) is 8.79. The molecule has 2 fully saturated rings. The highest BCUT2D eigenvalue weighted by atomic mass is 16.5. The van der Waals surface area contributed by atoms with Gasteiger partial charge in [0.15, 0.2) is 0 Å². The molecule has 104 valence electrons. The summed E-state index contributed by atoms with van der Waals surface area (Å²) < 4.78 is 4.90. The van der Waals surface area contributed by atoms with E-state index in [1.165, 1.54) is 0 Å². The van der Waals surface area contributed by atoms with Crippen LogP contribution in [0.4, 0.5) is 0 Å². The van der Waals surface area contributed by atoms with E-state index < -0.39 is 0 Å². The fraction of sp³-hybridized carbons (Fsp3) is 0.917. The number of ether oxygens (including phenoxy) is 1. The third kappa shape index (κ3) is 3.91. The Kier molecular flexibility index (Phi) is 5.37. The quantitative estimate of drug-likeness (QED) is 0.557. The van der Waals surface area contributed by atoms with Gasteiger partial charge in [0.05, 0.1) is 13.2 Å². The molecule has 0 spiro atoms. The highest BCUT2D eigenvalue weighted by Crippen LogP contribution is 2.09. The SMILES string of the molecule is COCCNC(=O)CN1CCN(C2CNC2)CC1. The molecule has 18 heavy (non-hydrogen) atoms. The zero-order valence-corrected chi connectivity index (χ0v) is 11.2. The molecule has 0 unspecified atom stereocenters. The molecule has 2 N–H and O–H groups in total. The number of nitrogens with zero attached hydrogens (tertiary/aromatic N) is 2. The first-order valence-corrected chi connectivity index (χ1v) is 6.72. The smallest absolute Gasteiger partial charge is 0.234 e. The van der Waals surface area contributed by atoms with Crippen molar-refractivity contribution >= 4 is 5.91 Å². The molecule has 0 aromatic carbocycles. The number of piperazine rings is 1. The van der Waals surface area contributed by atoms with Crippen molar-refractivity contribution in [2.45, 2.75) is 6.04 Å². The molecule has 0 aromatic rings. The minimum absolute atomic E-state index is 0.103. The number of methoxy groups -OCH3 is 1. The first kappa shape index (κ1) is 13.7. The summed E-state index contributed by atoms with van der Waals surface area (Å²) in [6.45, 7) is 8.09. The van der Waals surface area contributed by atoms with E-state index in [4.69, 9.17) is 4.74 Å². The zero-order valence-electron chi connectivity index (χ0n) is 11.2. The average molecular weight is 256 g/mol. The minimum Gasteiger partial charge on any atom is -0.383 e. The highest BCUT2D eigenvalue weighted by molar-refractivity contribution is 5.77. The summed E-state index contributed by atoms with van der Waals surface area (Å²) in [7, 11) is 1.64. The molecule has 2 rings (SSSR count). The maximum absolute atomic E-state index is 11.6. The molecule has 0 bridgehead atoms. The molecule has 6 heteroatoms. The third-order valence-electron chi connectivity index (χ3n) is 3.68. The lowest BCUT2D eigenvalue weighted by atomic mass is 10.1. The van der Waals surface area contributed by atoms with Crippen molar-refractivity contribution in [3.63, 3.8) is 0 Å². The second-order valence-corrected chi connectivity index (χ2v) is 4.97. The van der Waals surface area contributed by atoms with Crippen LogP contribution in [0.5, 0.6) is 0 Å². The molecule has 0 radical (unpaired) electrons. The summed E-state index contributed by atoms with van der Waals surface area (Å²) in [4.78, 5) is 16.4. The summed E-state index contributed by atoms with van der Waals surface area (Å²) in [6, 6.07) is 0.725. The number of rotatable bonds is 6. The molecule has 0 aliphatic carbocycles. The zero-order chi connectivity index (χ0) is 12.8. The van der Waals surface area contributed by atoms with Gasteiger partial charge in [0.2, 0.25) is 5.91 Å². The van der Waals surface area contributed by atoms with E-state index in [0.717, 1.165) is 45.3 Å². The van der Waals surface area contributed by atoms with Crippen LogP contribution >= 0.6 is 0 Å². The standard InChI is InChI=1S/C12H24N4O2/c1-18-7-2-14-12(17)10-15-3-5-16(6-4-15)11-8-13-9-11/h11,13H,2-10H2,1H3,(H,14,17). The van der Waals surface area contributed by atoms with Crippen molar-refractivity contribution in [2.24, 2.45) is 0 Å². The first-order valence-electron chi connectivity index (χ1n) is 6.72. The maximum atomic E-state index is 11.6. The van der Waals surface area contributed by atoms with Crippen molar-refractivity contribution in [2.75, 3.05) is 66.1 Å². The van der Waals surface area contributed by atoms with Crippen molar-refractivity contribution < 1.29 is 9.53 Å². The van der Waals surface area contributed by atoms with Crippen LogP contribution in [0.25, 0.3) is 0 Å². The van der Waals surface area contributed by atoms with E-state index in [1.54, 1.807) is 7.11 Å². The van der Waals surface area contributed by atoms with E-state index in [-0.39, 0.29) is 5.91 Å². The van der Waals surface area contributed by atoms with Gasteiger partial charge in [-0.25, -0.2) is 0 Å². The highest BCUT2D eigenvalue weighted by Gasteiger charge is 2.27. The number of amides is 1. The van der Waals surface area contributed by atoms with Gasteiger partial charge in [-0.2, -0.15) is 0 Å². The molecule has 0 atom stereocenters. The van der Waals surface area contributed by atoms with Crippen molar-refractivity contribution in [1.82, 2.24) is 20.4 Å². The Morgan fingerprint density at radius 2 is 2.06 bits per heavy atom. The lowest BCUT2D eigenvalue weighted by Gasteiger charge is -2.43. The van der Waals surface area contributed by atoms with E-state index in [9.17, 15) is 4.79 Å². The van der Waals surface area contributed by atoms with Crippen LogP contribution in [0.1, 0.15) is 0 Å². The Bertz CT molecular complexity index is 263. The topological polar surface area (TPSA) is 56.8 Å². The number of nitrogens with one attached hydrogen (secondary N) is 2. The summed E-state index contributed by atoms with van der Waals surface area (Å²) in [6.07, 6.45) is 0. The van der Waals surface area contributed by atoms with Gasteiger partial charge in [0.1, 0.15) is 0 Å². The van der Waals surface area contributed by atoms with Crippen LogP contribution in [-0.4, -0.2) is 87.8 Å². The van der Waals surface area contributed by atoms with E-state index in [0.29, 0.717) is 19.7 Å². The average Bonchev–Trinajstić information content (AvgIpc) is 2.30. The fourth-order valence-corrected chi connectivity index (χ4v) is 2.37. The molecule has 2 heterocycles. The number of hydrogen-bond acceptors (Lipinski definition) is 5. The second-order valence-electron chi connectivity index (χ2n) is 4.97. The van der Waals surface area contributed by atoms with Gasteiger partial charge < -0.3 is 15.4 Å². The summed E-state index contributed by atoms with van der Waals surface area (Å²) >= 11 is 0. The second kappa shape index (κ2) is 7.04. The Balaban J connectivity index is 1.59. The van der Waals surface area contributed by atoms with E-state index >= 15 is 0 Å². The largest absolute Gasteiger partial charge is 0.383 e. The molecule has 2 aliphatic heterocycles. The van der Waals surface area contributed by atoms with Crippen molar-refractivity contribution in [1.29, 1.82) is 0 Å². The van der Waals surface area contributed by atoms with Gasteiger partial charge in [-0.05, 0) is 0 Å². The molecular formula is C12H24N4O2. The van der Waals surface area contributed by atoms with Crippen molar-refractivity contribution in [3.8, 4) is 0 Å². The van der Waals surface area contributed by atoms with Crippen LogP contribution in [-0.2, 0) is 9.53 Å². The number of hydrogen-bond donors (Lipinski definition) is 2. The lowest BCUT2D eigenvalue weighted by Crippen LogP contribution is -2.62. The van der Waals surface area contributed by atoms with Gasteiger partial charge in [-0.3, -0.25) is 14.6 Å². The maximum Gasteiger partial charge on any atom is 0.234 e. The predicted molar refractivity (Wildman–Crippen MR) is 69.6 cm³/mol. The molecule has 0 aromatic heterocycles. The predicted octanol–water partition coefficient (Wildman–Crippen LogP) is -1.66. The Morgan fingerprint density at radius 3 is 2.61 bits per heavy atom. The van der Waals surface area contributed by atoms with Gasteiger partial charge in [0, 0.05) is 59.0 Å². The minimum atomic E-state index is 0.103. The summed E-state index contributed by atoms with van der Waals surface area (Å²) in [5.41, 5.74) is 0. The van der Waals surface area contributed by atoms with Crippen LogP contribution in [0, 0.1) is 0 Å². The van der Waals surface area contributed by atoms with Gasteiger partial charge >= 0.3 is 0 Å². The number of carbonyl (C=O) groups excluding carboxylic acids is 1.